The molecule has 2 N–H and O–H groups in total. The van der Waals surface area contributed by atoms with Gasteiger partial charge in [-0.15, -0.1) is 0 Å². The molecule has 2 rings (SSSR count). The minimum Gasteiger partial charge on any atom is -0.444 e. The molecule has 1 atom stereocenters. The number of anilines is 1. The van der Waals surface area contributed by atoms with E-state index in [-0.39, 0.29) is 18.1 Å². The summed E-state index contributed by atoms with van der Waals surface area (Å²) in [6.45, 7) is 12.0. The van der Waals surface area contributed by atoms with Gasteiger partial charge in [-0.3, -0.25) is 0 Å². The van der Waals surface area contributed by atoms with Crippen molar-refractivity contribution in [2.45, 2.75) is 59.6 Å². The average molecular weight is 348 g/mol. The summed E-state index contributed by atoms with van der Waals surface area (Å²) in [7, 11) is 0. The number of hydrogen-bond donors (Lipinski definition) is 2. The highest BCUT2D eigenvalue weighted by molar-refractivity contribution is 5.69. The highest BCUT2D eigenvalue weighted by Gasteiger charge is 2.27. The monoisotopic (exact) mass is 348 g/mol. The topological polar surface area (TPSA) is 61.8 Å². The summed E-state index contributed by atoms with van der Waals surface area (Å²) < 4.78 is 5.49. The average Bonchev–Trinajstić information content (AvgIpc) is 2.57. The zero-order chi connectivity index (χ0) is 18.7. The lowest BCUT2D eigenvalue weighted by molar-refractivity contribution is 0.0224. The first-order valence-electron chi connectivity index (χ1n) is 9.11. The van der Waals surface area contributed by atoms with Crippen LogP contribution in [0, 0.1) is 5.41 Å². The van der Waals surface area contributed by atoms with Gasteiger partial charge < -0.3 is 20.1 Å². The van der Waals surface area contributed by atoms with E-state index in [2.05, 4.69) is 31.3 Å². The van der Waals surface area contributed by atoms with E-state index in [1.807, 2.05) is 26.8 Å². The lowest BCUT2D eigenvalue weighted by Gasteiger charge is -2.33. The molecule has 1 aliphatic rings. The van der Waals surface area contributed by atoms with Crippen molar-refractivity contribution < 1.29 is 14.6 Å². The van der Waals surface area contributed by atoms with Crippen molar-refractivity contribution in [3.63, 3.8) is 0 Å². The van der Waals surface area contributed by atoms with Crippen molar-refractivity contribution in [1.82, 2.24) is 4.90 Å². The molecule has 1 aliphatic heterocycles. The van der Waals surface area contributed by atoms with Crippen LogP contribution in [-0.2, 0) is 17.7 Å². The van der Waals surface area contributed by atoms with Gasteiger partial charge in [-0.2, -0.15) is 0 Å². The fraction of sp³-hybridized carbons (Fsp3) is 0.650. The number of carbonyl (C=O) groups is 1. The van der Waals surface area contributed by atoms with Crippen LogP contribution in [0.3, 0.4) is 0 Å². The van der Waals surface area contributed by atoms with Crippen LogP contribution >= 0.6 is 0 Å². The second kappa shape index (κ2) is 7.65. The van der Waals surface area contributed by atoms with E-state index in [9.17, 15) is 9.90 Å². The molecule has 1 unspecified atom stereocenters. The number of fused-ring (bicyclic) bond motifs is 1. The molecule has 0 bridgehead atoms. The second-order valence-corrected chi connectivity index (χ2v) is 8.27. The Labute approximate surface area is 151 Å². The summed E-state index contributed by atoms with van der Waals surface area (Å²) in [6, 6.07) is 6.17. The van der Waals surface area contributed by atoms with E-state index in [1.165, 1.54) is 5.56 Å². The van der Waals surface area contributed by atoms with Crippen molar-refractivity contribution >= 4 is 11.8 Å². The van der Waals surface area contributed by atoms with Crippen molar-refractivity contribution in [1.29, 1.82) is 0 Å². The van der Waals surface area contributed by atoms with Gasteiger partial charge >= 0.3 is 6.09 Å². The van der Waals surface area contributed by atoms with Crippen LogP contribution in [-0.4, -0.2) is 41.4 Å². The van der Waals surface area contributed by atoms with Crippen LogP contribution < -0.4 is 5.32 Å². The molecule has 0 spiro atoms. The summed E-state index contributed by atoms with van der Waals surface area (Å²) in [5.41, 5.74) is 2.92. The highest BCUT2D eigenvalue weighted by Crippen LogP contribution is 2.29. The fourth-order valence-corrected chi connectivity index (χ4v) is 2.86. The minimum atomic E-state index is -0.477. The first kappa shape index (κ1) is 19.6. The van der Waals surface area contributed by atoms with E-state index < -0.39 is 5.60 Å². The zero-order valence-electron chi connectivity index (χ0n) is 16.2. The fourth-order valence-electron chi connectivity index (χ4n) is 2.86. The van der Waals surface area contributed by atoms with Crippen molar-refractivity contribution in [2.75, 3.05) is 25.0 Å². The van der Waals surface area contributed by atoms with Gasteiger partial charge in [0.25, 0.3) is 0 Å². The van der Waals surface area contributed by atoms with Gasteiger partial charge in [0, 0.05) is 30.7 Å². The van der Waals surface area contributed by atoms with E-state index in [4.69, 9.17) is 4.74 Å². The van der Waals surface area contributed by atoms with Crippen LogP contribution in [0.25, 0.3) is 0 Å². The highest BCUT2D eigenvalue weighted by atomic mass is 16.6. The molecule has 25 heavy (non-hydrogen) atoms. The first-order chi connectivity index (χ1) is 11.7. The number of amides is 1. The first-order valence-corrected chi connectivity index (χ1v) is 9.11. The number of aliphatic hydroxyl groups excluding tert-OH is 1. The molecule has 1 heterocycles. The molecule has 0 saturated heterocycles. The lowest BCUT2D eigenvalue weighted by atomic mass is 9.88. The molecule has 140 valence electrons. The number of carbonyl (C=O) groups excluding carboxylic acids is 1. The molecule has 0 radical (unpaired) electrons. The Morgan fingerprint density at radius 1 is 1.32 bits per heavy atom. The van der Waals surface area contributed by atoms with Crippen LogP contribution in [0.1, 0.15) is 52.2 Å². The number of aliphatic hydroxyl groups is 1. The molecule has 5 heteroatoms. The predicted molar refractivity (Wildman–Crippen MR) is 101 cm³/mol. The summed E-state index contributed by atoms with van der Waals surface area (Å²) >= 11 is 0. The Balaban J connectivity index is 2.08. The molecule has 1 aromatic carbocycles. The molecular formula is C20H32N2O3. The number of rotatable bonds is 5. The molecular weight excluding hydrogens is 316 g/mol. The van der Waals surface area contributed by atoms with Crippen LogP contribution in [0.15, 0.2) is 18.2 Å². The third-order valence-corrected chi connectivity index (χ3v) is 4.86. The van der Waals surface area contributed by atoms with Crippen LogP contribution in [0.4, 0.5) is 10.5 Å². The maximum absolute atomic E-state index is 12.3. The van der Waals surface area contributed by atoms with Gasteiger partial charge in [-0.05, 0) is 50.8 Å². The van der Waals surface area contributed by atoms with E-state index in [1.54, 1.807) is 4.90 Å². The van der Waals surface area contributed by atoms with Gasteiger partial charge in [0.1, 0.15) is 5.60 Å². The SMILES string of the molecule is CCC(C)(CO)CNc1cccc2c1CCN(C(=O)OC(C)(C)C)C2. The third-order valence-electron chi connectivity index (χ3n) is 4.86. The molecule has 1 amide bonds. The second-order valence-electron chi connectivity index (χ2n) is 8.27. The largest absolute Gasteiger partial charge is 0.444 e. The third kappa shape index (κ3) is 5.11. The molecule has 0 fully saturated rings. The number of hydrogen-bond acceptors (Lipinski definition) is 4. The van der Waals surface area contributed by atoms with E-state index in [0.717, 1.165) is 30.6 Å². The summed E-state index contributed by atoms with van der Waals surface area (Å²) in [5, 5.41) is 13.1. The van der Waals surface area contributed by atoms with Gasteiger partial charge in [-0.25, -0.2) is 4.79 Å². The quantitative estimate of drug-likeness (QED) is 0.850. The zero-order valence-corrected chi connectivity index (χ0v) is 16.2. The molecule has 0 aromatic heterocycles. The smallest absolute Gasteiger partial charge is 0.410 e. The van der Waals surface area contributed by atoms with Crippen LogP contribution in [0.2, 0.25) is 0 Å². The molecule has 0 saturated carbocycles. The Morgan fingerprint density at radius 2 is 2.04 bits per heavy atom. The maximum atomic E-state index is 12.3. The van der Waals surface area contributed by atoms with Crippen LogP contribution in [0.5, 0.6) is 0 Å². The maximum Gasteiger partial charge on any atom is 0.410 e. The molecule has 1 aromatic rings. The van der Waals surface area contributed by atoms with Gasteiger partial charge in [0.05, 0.1) is 6.61 Å². The Hall–Kier alpha value is -1.75. The standard InChI is InChI=1S/C20H32N2O3/c1-6-20(5,14-23)13-21-17-9-7-8-15-12-22(11-10-16(15)17)18(24)25-19(2,3)4/h7-9,21,23H,6,10-14H2,1-5H3. The normalized spacial score (nSPS) is 16.8. The van der Waals surface area contributed by atoms with Crippen molar-refractivity contribution in [3.05, 3.63) is 29.3 Å². The van der Waals surface area contributed by atoms with Gasteiger partial charge in [0.15, 0.2) is 0 Å². The van der Waals surface area contributed by atoms with Gasteiger partial charge in [-0.1, -0.05) is 26.0 Å². The van der Waals surface area contributed by atoms with Gasteiger partial charge in [0.2, 0.25) is 0 Å². The number of nitrogens with zero attached hydrogens (tertiary/aromatic N) is 1. The minimum absolute atomic E-state index is 0.125. The van der Waals surface area contributed by atoms with Crippen molar-refractivity contribution in [3.8, 4) is 0 Å². The Kier molecular flexibility index (Phi) is 5.99. The summed E-state index contributed by atoms with van der Waals surface area (Å²) in [6.07, 6.45) is 1.47. The summed E-state index contributed by atoms with van der Waals surface area (Å²) in [5.74, 6) is 0. The Morgan fingerprint density at radius 3 is 2.64 bits per heavy atom. The molecule has 5 nitrogen and oxygen atoms in total. The number of benzene rings is 1. The van der Waals surface area contributed by atoms with Crippen molar-refractivity contribution in [2.24, 2.45) is 5.41 Å². The predicted octanol–water partition coefficient (Wildman–Crippen LogP) is 3.80. The molecule has 0 aliphatic carbocycles. The van der Waals surface area contributed by atoms with E-state index in [0.29, 0.717) is 13.1 Å². The number of nitrogens with one attached hydrogen (secondary N) is 1. The lowest BCUT2D eigenvalue weighted by Crippen LogP contribution is -2.40. The summed E-state index contributed by atoms with van der Waals surface area (Å²) in [4.78, 5) is 14.1. The van der Waals surface area contributed by atoms with E-state index >= 15 is 0 Å². The number of ether oxygens (including phenoxy) is 1. The Bertz CT molecular complexity index is 603.